The summed E-state index contributed by atoms with van der Waals surface area (Å²) < 4.78 is 4.02. The second-order valence-corrected chi connectivity index (χ2v) is 8.02. The highest BCUT2D eigenvalue weighted by Crippen LogP contribution is 2.40. The van der Waals surface area contributed by atoms with Crippen LogP contribution in [0.4, 0.5) is 0 Å². The predicted molar refractivity (Wildman–Crippen MR) is 91.0 cm³/mol. The highest BCUT2D eigenvalue weighted by atomic mass is 16.2. The van der Waals surface area contributed by atoms with Crippen LogP contribution in [0.2, 0.25) is 0 Å². The number of amides is 1. The molecule has 2 aliphatic rings. The van der Waals surface area contributed by atoms with E-state index in [1.807, 2.05) is 23.1 Å². The van der Waals surface area contributed by atoms with Crippen LogP contribution in [0.25, 0.3) is 0 Å². The van der Waals surface area contributed by atoms with Crippen LogP contribution in [0.15, 0.2) is 18.5 Å². The minimum Gasteiger partial charge on any atom is -0.346 e. The van der Waals surface area contributed by atoms with Crippen molar-refractivity contribution in [1.29, 1.82) is 0 Å². The monoisotopic (exact) mass is 327 g/mol. The number of nitrogens with zero attached hydrogens (tertiary/aromatic N) is 4. The summed E-state index contributed by atoms with van der Waals surface area (Å²) in [4.78, 5) is 17.2. The number of hydrogen-bond donors (Lipinski definition) is 1. The van der Waals surface area contributed by atoms with Gasteiger partial charge in [0.25, 0.3) is 5.91 Å². The molecule has 1 aliphatic carbocycles. The average molecular weight is 327 g/mol. The van der Waals surface area contributed by atoms with Crippen molar-refractivity contribution in [3.05, 3.63) is 35.7 Å². The van der Waals surface area contributed by atoms with E-state index in [4.69, 9.17) is 5.10 Å². The molecule has 4 rings (SSSR count). The summed E-state index contributed by atoms with van der Waals surface area (Å²) in [5.74, 6) is 1.64. The molecule has 0 aromatic carbocycles. The summed E-state index contributed by atoms with van der Waals surface area (Å²) in [6.07, 6.45) is 8.03. The van der Waals surface area contributed by atoms with Crippen LogP contribution in [-0.2, 0) is 18.5 Å². The van der Waals surface area contributed by atoms with Gasteiger partial charge in [0.2, 0.25) is 0 Å². The van der Waals surface area contributed by atoms with Crippen molar-refractivity contribution in [3.63, 3.8) is 0 Å². The van der Waals surface area contributed by atoms with Gasteiger partial charge in [0.1, 0.15) is 11.5 Å². The third-order valence-electron chi connectivity index (χ3n) is 4.86. The maximum atomic E-state index is 12.9. The highest BCUT2D eigenvalue weighted by molar-refractivity contribution is 5.93. The lowest BCUT2D eigenvalue weighted by molar-refractivity contribution is 0.0909. The van der Waals surface area contributed by atoms with Gasteiger partial charge in [-0.05, 0) is 46.1 Å². The van der Waals surface area contributed by atoms with E-state index >= 15 is 0 Å². The largest absolute Gasteiger partial charge is 0.346 e. The van der Waals surface area contributed by atoms with Crippen LogP contribution in [0.3, 0.4) is 0 Å². The zero-order valence-corrected chi connectivity index (χ0v) is 14.6. The second kappa shape index (κ2) is 5.46. The smallest absolute Gasteiger partial charge is 0.269 e. The van der Waals surface area contributed by atoms with Crippen molar-refractivity contribution in [2.24, 2.45) is 0 Å². The number of aromatic nitrogens is 4. The lowest BCUT2D eigenvalue weighted by atomic mass is 10.1. The van der Waals surface area contributed by atoms with Gasteiger partial charge in [-0.1, -0.05) is 0 Å². The first-order chi connectivity index (χ1) is 11.4. The molecule has 1 amide bonds. The Bertz CT molecular complexity index is 763. The molecule has 6 nitrogen and oxygen atoms in total. The third-order valence-corrected chi connectivity index (χ3v) is 4.86. The van der Waals surface area contributed by atoms with Gasteiger partial charge in [-0.25, -0.2) is 4.98 Å². The predicted octanol–water partition coefficient (Wildman–Crippen LogP) is 2.46. The molecule has 1 aliphatic heterocycles. The maximum Gasteiger partial charge on any atom is 0.269 e. The molecule has 1 fully saturated rings. The van der Waals surface area contributed by atoms with E-state index in [-0.39, 0.29) is 17.5 Å². The van der Waals surface area contributed by atoms with Crippen molar-refractivity contribution < 1.29 is 4.79 Å². The molecule has 128 valence electrons. The summed E-state index contributed by atoms with van der Waals surface area (Å²) in [6.45, 7) is 7.06. The quantitative estimate of drug-likeness (QED) is 0.942. The summed E-state index contributed by atoms with van der Waals surface area (Å²) in [6, 6.07) is 2.14. The number of rotatable bonds is 3. The van der Waals surface area contributed by atoms with Gasteiger partial charge >= 0.3 is 0 Å². The summed E-state index contributed by atoms with van der Waals surface area (Å²) in [7, 11) is 0. The molecule has 0 spiro atoms. The van der Waals surface area contributed by atoms with E-state index in [0.29, 0.717) is 11.6 Å². The van der Waals surface area contributed by atoms with Crippen LogP contribution < -0.4 is 5.32 Å². The second-order valence-electron chi connectivity index (χ2n) is 8.02. The van der Waals surface area contributed by atoms with Crippen molar-refractivity contribution in [2.75, 3.05) is 0 Å². The molecule has 2 aromatic heterocycles. The van der Waals surface area contributed by atoms with Crippen LogP contribution in [0, 0.1) is 0 Å². The van der Waals surface area contributed by atoms with Gasteiger partial charge in [0.05, 0.1) is 11.2 Å². The van der Waals surface area contributed by atoms with Gasteiger partial charge < -0.3 is 9.88 Å². The fraction of sp³-hybridized carbons (Fsp3) is 0.611. The summed E-state index contributed by atoms with van der Waals surface area (Å²) in [5.41, 5.74) is 1.54. The Balaban J connectivity index is 1.54. The minimum atomic E-state index is -0.204. The van der Waals surface area contributed by atoms with Crippen molar-refractivity contribution in [2.45, 2.75) is 70.5 Å². The van der Waals surface area contributed by atoms with Gasteiger partial charge in [0.15, 0.2) is 0 Å². The van der Waals surface area contributed by atoms with Crippen LogP contribution in [0.1, 0.15) is 68.0 Å². The van der Waals surface area contributed by atoms with Gasteiger partial charge in [-0.3, -0.25) is 9.48 Å². The first-order valence-corrected chi connectivity index (χ1v) is 8.83. The molecule has 0 radical (unpaired) electrons. The topological polar surface area (TPSA) is 64.7 Å². The molecule has 0 bridgehead atoms. The Kier molecular flexibility index (Phi) is 3.51. The van der Waals surface area contributed by atoms with Gasteiger partial charge in [0, 0.05) is 37.3 Å². The minimum absolute atomic E-state index is 0.0158. The van der Waals surface area contributed by atoms with Crippen molar-refractivity contribution in [3.8, 4) is 0 Å². The zero-order valence-electron chi connectivity index (χ0n) is 14.6. The highest BCUT2D eigenvalue weighted by Gasteiger charge is 2.32. The van der Waals surface area contributed by atoms with Crippen molar-refractivity contribution in [1.82, 2.24) is 24.6 Å². The number of fused-ring (bicyclic) bond motifs is 1. The fourth-order valence-corrected chi connectivity index (χ4v) is 3.39. The number of carbonyl (C=O) groups excluding carboxylic acids is 1. The molecule has 0 saturated heterocycles. The molecular weight excluding hydrogens is 302 g/mol. The molecule has 1 N–H and O–H groups in total. The third kappa shape index (κ3) is 2.85. The first kappa shape index (κ1) is 15.4. The van der Waals surface area contributed by atoms with Crippen molar-refractivity contribution >= 4 is 5.91 Å². The Labute approximate surface area is 142 Å². The SMILES string of the molecule is CC(C)(C)n1nc(C2CC2)cc1C(=O)N[C@@H]1CCc2nccn2C1. The van der Waals surface area contributed by atoms with E-state index in [1.54, 1.807) is 0 Å². The Hall–Kier alpha value is -2.11. The zero-order chi connectivity index (χ0) is 16.9. The maximum absolute atomic E-state index is 12.9. The fourth-order valence-electron chi connectivity index (χ4n) is 3.39. The number of hydrogen-bond acceptors (Lipinski definition) is 3. The Morgan fingerprint density at radius 3 is 2.79 bits per heavy atom. The first-order valence-electron chi connectivity index (χ1n) is 8.83. The van der Waals surface area contributed by atoms with E-state index in [0.717, 1.165) is 30.9 Å². The van der Waals surface area contributed by atoms with Crippen LogP contribution in [-0.4, -0.2) is 31.3 Å². The van der Waals surface area contributed by atoms with Gasteiger partial charge in [-0.2, -0.15) is 5.10 Å². The Morgan fingerprint density at radius 1 is 1.29 bits per heavy atom. The molecule has 0 unspecified atom stereocenters. The molecule has 1 atom stereocenters. The number of nitrogens with one attached hydrogen (secondary N) is 1. The van der Waals surface area contributed by atoms with E-state index in [1.165, 1.54) is 12.8 Å². The summed E-state index contributed by atoms with van der Waals surface area (Å²) in [5, 5.41) is 7.93. The molecular formula is C18H25N5O. The number of aryl methyl sites for hydroxylation is 1. The lowest BCUT2D eigenvalue weighted by Crippen LogP contribution is -2.42. The Morgan fingerprint density at radius 2 is 2.08 bits per heavy atom. The standard InChI is InChI=1S/C18H25N5O/c1-18(2,3)23-15(10-14(21-23)12-4-5-12)17(24)20-13-6-7-16-19-8-9-22(16)11-13/h8-10,12-13H,4-7,11H2,1-3H3,(H,20,24)/t13-/m1/s1. The molecule has 2 aromatic rings. The van der Waals surface area contributed by atoms with E-state index in [2.05, 4.69) is 35.6 Å². The molecule has 6 heteroatoms. The van der Waals surface area contributed by atoms with Gasteiger partial charge in [-0.15, -0.1) is 0 Å². The molecule has 1 saturated carbocycles. The van der Waals surface area contributed by atoms with Crippen LogP contribution in [0.5, 0.6) is 0 Å². The normalized spacial score (nSPS) is 20.7. The molecule has 24 heavy (non-hydrogen) atoms. The average Bonchev–Trinajstić information content (AvgIpc) is 3.09. The van der Waals surface area contributed by atoms with Crippen LogP contribution >= 0.6 is 0 Å². The lowest BCUT2D eigenvalue weighted by Gasteiger charge is -2.26. The molecule has 3 heterocycles. The number of carbonyl (C=O) groups is 1. The van der Waals surface area contributed by atoms with E-state index in [9.17, 15) is 4.79 Å². The van der Waals surface area contributed by atoms with E-state index < -0.39 is 0 Å². The summed E-state index contributed by atoms with van der Waals surface area (Å²) >= 11 is 0. The number of imidazole rings is 1.